The summed E-state index contributed by atoms with van der Waals surface area (Å²) in [6.45, 7) is 5.19. The van der Waals surface area contributed by atoms with Crippen LogP contribution < -0.4 is 9.64 Å². The van der Waals surface area contributed by atoms with Crippen molar-refractivity contribution in [2.75, 3.05) is 31.0 Å². The summed E-state index contributed by atoms with van der Waals surface area (Å²) in [5.74, 6) is 0.196. The van der Waals surface area contributed by atoms with Crippen LogP contribution in [-0.4, -0.2) is 42.8 Å². The molecule has 0 bridgehead atoms. The lowest BCUT2D eigenvalue weighted by Crippen LogP contribution is -2.30. The molecule has 0 heterocycles. The third kappa shape index (κ3) is 4.35. The molecule has 26 heavy (non-hydrogen) atoms. The number of hydrogen-bond acceptors (Lipinski definition) is 3. The fraction of sp³-hybridized carbons (Fsp3) is 0.300. The van der Waals surface area contributed by atoms with E-state index >= 15 is 0 Å². The summed E-state index contributed by atoms with van der Waals surface area (Å²) in [6.07, 6.45) is 0. The number of methoxy groups -OCH3 is 1. The van der Waals surface area contributed by atoms with E-state index in [9.17, 15) is 9.59 Å². The van der Waals surface area contributed by atoms with Gasteiger partial charge in [0.1, 0.15) is 11.6 Å². The van der Waals surface area contributed by atoms with E-state index in [0.29, 0.717) is 35.8 Å². The number of benzene rings is 2. The number of rotatable bonds is 7. The Morgan fingerprint density at radius 1 is 1.00 bits per heavy atom. The molecular weight excluding hydrogens is 352 g/mol. The Bertz CT molecular complexity index is 758. The Balaban J connectivity index is 2.37. The van der Waals surface area contributed by atoms with Crippen molar-refractivity contribution in [2.24, 2.45) is 0 Å². The Labute approximate surface area is 159 Å². The van der Waals surface area contributed by atoms with Gasteiger partial charge in [0.05, 0.1) is 12.8 Å². The summed E-state index contributed by atoms with van der Waals surface area (Å²) in [5, 5.41) is 0. The highest BCUT2D eigenvalue weighted by Gasteiger charge is 2.19. The third-order valence-corrected chi connectivity index (χ3v) is 4.33. The molecule has 0 saturated heterocycles. The molecule has 0 aromatic heterocycles. The van der Waals surface area contributed by atoms with Crippen molar-refractivity contribution in [3.8, 4) is 5.75 Å². The van der Waals surface area contributed by atoms with Gasteiger partial charge >= 0.3 is 0 Å². The molecule has 2 aromatic carbocycles. The summed E-state index contributed by atoms with van der Waals surface area (Å²) in [6, 6.07) is 14.1. The number of carbonyl (C=O) groups is 2. The quantitative estimate of drug-likeness (QED) is 0.686. The summed E-state index contributed by atoms with van der Waals surface area (Å²) in [4.78, 5) is 28.1. The predicted octanol–water partition coefficient (Wildman–Crippen LogP) is 4.08. The van der Waals surface area contributed by atoms with Gasteiger partial charge in [0.25, 0.3) is 5.91 Å². The van der Waals surface area contributed by atoms with Gasteiger partial charge in [0.2, 0.25) is 5.91 Å². The van der Waals surface area contributed by atoms with Crippen LogP contribution in [-0.2, 0) is 4.79 Å². The first-order chi connectivity index (χ1) is 12.5. The second kappa shape index (κ2) is 9.25. The maximum Gasteiger partial charge on any atom is 0.253 e. The number of amides is 2. The first-order valence-corrected chi connectivity index (χ1v) is 9.01. The average Bonchev–Trinajstić information content (AvgIpc) is 2.69. The van der Waals surface area contributed by atoms with Crippen LogP contribution in [0.2, 0.25) is 0 Å². The van der Waals surface area contributed by atoms with Crippen molar-refractivity contribution in [3.63, 3.8) is 0 Å². The molecule has 2 aromatic rings. The van der Waals surface area contributed by atoms with Gasteiger partial charge in [-0.25, -0.2) is 0 Å². The fourth-order valence-electron chi connectivity index (χ4n) is 2.69. The molecule has 0 saturated carbocycles. The van der Waals surface area contributed by atoms with Crippen molar-refractivity contribution in [2.45, 2.75) is 13.8 Å². The van der Waals surface area contributed by atoms with Crippen molar-refractivity contribution < 1.29 is 14.3 Å². The lowest BCUT2D eigenvalue weighted by Gasteiger charge is -2.23. The highest BCUT2D eigenvalue weighted by atomic mass is 35.5. The summed E-state index contributed by atoms with van der Waals surface area (Å²) < 4.78 is 5.23. The van der Waals surface area contributed by atoms with E-state index in [1.165, 1.54) is 4.90 Å². The predicted molar refractivity (Wildman–Crippen MR) is 105 cm³/mol. The van der Waals surface area contributed by atoms with Crippen LogP contribution in [0, 0.1) is 0 Å². The molecule has 5 nitrogen and oxygen atoms in total. The van der Waals surface area contributed by atoms with E-state index in [1.54, 1.807) is 54.5 Å². The third-order valence-electron chi connectivity index (χ3n) is 4.10. The number of carbonyl (C=O) groups excluding carboxylic acids is 2. The van der Waals surface area contributed by atoms with E-state index in [4.69, 9.17) is 16.3 Å². The van der Waals surface area contributed by atoms with Crippen molar-refractivity contribution >= 4 is 34.8 Å². The van der Waals surface area contributed by atoms with Gasteiger partial charge in [-0.05, 0) is 50.2 Å². The van der Waals surface area contributed by atoms with Crippen molar-refractivity contribution in [1.82, 2.24) is 4.90 Å². The molecule has 6 heteroatoms. The fourth-order valence-corrected chi connectivity index (χ4v) is 2.81. The second-order valence-corrected chi connectivity index (χ2v) is 5.86. The molecule has 0 radical (unpaired) electrons. The molecule has 0 aliphatic rings. The number of anilines is 2. The minimum absolute atomic E-state index is 0.0295. The Hall–Kier alpha value is -2.53. The van der Waals surface area contributed by atoms with Gasteiger partial charge in [0.15, 0.2) is 0 Å². The molecule has 0 unspecified atom stereocenters. The van der Waals surface area contributed by atoms with Crippen LogP contribution in [0.15, 0.2) is 48.5 Å². The maximum absolute atomic E-state index is 12.4. The number of nitrogens with zero attached hydrogens (tertiary/aromatic N) is 2. The van der Waals surface area contributed by atoms with Crippen LogP contribution in [0.4, 0.5) is 11.4 Å². The molecule has 0 N–H and O–H groups in total. The average molecular weight is 375 g/mol. The zero-order chi connectivity index (χ0) is 19.1. The largest absolute Gasteiger partial charge is 0.497 e. The lowest BCUT2D eigenvalue weighted by molar-refractivity contribution is -0.115. The van der Waals surface area contributed by atoms with Gasteiger partial charge in [-0.2, -0.15) is 0 Å². The molecule has 0 fully saturated rings. The van der Waals surface area contributed by atoms with E-state index in [0.717, 1.165) is 0 Å². The minimum Gasteiger partial charge on any atom is -0.497 e. The summed E-state index contributed by atoms with van der Waals surface area (Å²) in [5.41, 5.74) is 1.87. The summed E-state index contributed by atoms with van der Waals surface area (Å²) in [7, 11) is 1.57. The normalized spacial score (nSPS) is 10.3. The van der Waals surface area contributed by atoms with E-state index in [2.05, 4.69) is 0 Å². The topological polar surface area (TPSA) is 49.9 Å². The van der Waals surface area contributed by atoms with Crippen LogP contribution >= 0.6 is 11.6 Å². The van der Waals surface area contributed by atoms with Gasteiger partial charge in [-0.3, -0.25) is 14.5 Å². The van der Waals surface area contributed by atoms with E-state index < -0.39 is 0 Å². The second-order valence-electron chi connectivity index (χ2n) is 5.59. The van der Waals surface area contributed by atoms with Crippen molar-refractivity contribution in [3.05, 3.63) is 54.1 Å². The smallest absolute Gasteiger partial charge is 0.253 e. The molecule has 0 atom stereocenters. The molecule has 0 spiro atoms. The van der Waals surface area contributed by atoms with Crippen LogP contribution in [0.5, 0.6) is 5.75 Å². The number of alkyl halides is 1. The first-order valence-electron chi connectivity index (χ1n) is 8.48. The van der Waals surface area contributed by atoms with Gasteiger partial charge < -0.3 is 9.64 Å². The number of halogens is 1. The minimum atomic E-state index is -0.261. The highest BCUT2D eigenvalue weighted by Crippen LogP contribution is 2.29. The molecule has 0 aliphatic heterocycles. The Kier molecular flexibility index (Phi) is 7.04. The highest BCUT2D eigenvalue weighted by molar-refractivity contribution is 6.30. The SMILES string of the molecule is CCN(CC)C(=O)c1ccc(N(C(=O)CCl)c2cccc(OC)c2)cc1. The van der Waals surface area contributed by atoms with Crippen LogP contribution in [0.1, 0.15) is 24.2 Å². The summed E-state index contributed by atoms with van der Waals surface area (Å²) >= 11 is 5.80. The Morgan fingerprint density at radius 3 is 2.19 bits per heavy atom. The molecule has 138 valence electrons. The molecule has 0 aliphatic carbocycles. The van der Waals surface area contributed by atoms with Gasteiger partial charge in [-0.1, -0.05) is 6.07 Å². The zero-order valence-corrected chi connectivity index (χ0v) is 16.0. The monoisotopic (exact) mass is 374 g/mol. The number of hydrogen-bond donors (Lipinski definition) is 0. The molecular formula is C20H23ClN2O3. The van der Waals surface area contributed by atoms with E-state index in [-0.39, 0.29) is 17.7 Å². The van der Waals surface area contributed by atoms with Crippen molar-refractivity contribution in [1.29, 1.82) is 0 Å². The standard InChI is InChI=1S/C20H23ClN2O3/c1-4-22(5-2)20(25)15-9-11-16(12-10-15)23(19(24)14-21)17-7-6-8-18(13-17)26-3/h6-13H,4-5,14H2,1-3H3. The van der Waals surface area contributed by atoms with Gasteiger partial charge in [0, 0.05) is 30.4 Å². The van der Waals surface area contributed by atoms with Crippen LogP contribution in [0.3, 0.4) is 0 Å². The Morgan fingerprint density at radius 2 is 1.65 bits per heavy atom. The first kappa shape index (κ1) is 19.8. The van der Waals surface area contributed by atoms with Gasteiger partial charge in [-0.15, -0.1) is 11.6 Å². The number of ether oxygens (including phenoxy) is 1. The lowest BCUT2D eigenvalue weighted by atomic mass is 10.1. The van der Waals surface area contributed by atoms with Crippen LogP contribution in [0.25, 0.3) is 0 Å². The van der Waals surface area contributed by atoms with E-state index in [1.807, 2.05) is 19.9 Å². The zero-order valence-electron chi connectivity index (χ0n) is 15.2. The molecule has 2 amide bonds. The maximum atomic E-state index is 12.4. The molecule has 2 rings (SSSR count).